The molecule has 3 amide bonds. The summed E-state index contributed by atoms with van der Waals surface area (Å²) in [5, 5.41) is 17.9. The number of amides is 3. The third kappa shape index (κ3) is 9.76. The van der Waals surface area contributed by atoms with E-state index in [1.165, 1.54) is 15.9 Å². The number of fused-ring (bicyclic) bond motifs is 1. The lowest BCUT2D eigenvalue weighted by Gasteiger charge is -2.34. The normalized spacial score (nSPS) is 13.8. The number of aliphatic hydroxyl groups excluding tert-OH is 1. The Kier molecular flexibility index (Phi) is 12.0. The number of carbonyl (C=O) groups excluding carboxylic acids is 3. The van der Waals surface area contributed by atoms with E-state index >= 15 is 0 Å². The molecule has 0 aromatic heterocycles. The van der Waals surface area contributed by atoms with Gasteiger partial charge < -0.3 is 25.5 Å². The van der Waals surface area contributed by atoms with Crippen molar-refractivity contribution >= 4 is 28.5 Å². The lowest BCUT2D eigenvalue weighted by Crippen LogP contribution is -2.56. The second-order valence-electron chi connectivity index (χ2n) is 11.8. The second-order valence-corrected chi connectivity index (χ2v) is 11.8. The van der Waals surface area contributed by atoms with Gasteiger partial charge in [0, 0.05) is 39.0 Å². The molecule has 0 bridgehead atoms. The van der Waals surface area contributed by atoms with Crippen molar-refractivity contribution in [1.82, 2.24) is 20.4 Å². The Labute approximate surface area is 255 Å². The molecule has 43 heavy (non-hydrogen) atoms. The summed E-state index contributed by atoms with van der Waals surface area (Å²) in [7, 11) is 5.11. The Balaban J connectivity index is 1.94. The molecular weight excluding hydrogens is 540 g/mol. The molecule has 230 valence electrons. The number of nitrogens with one attached hydrogen (secondary N) is 2. The fourth-order valence-electron chi connectivity index (χ4n) is 4.80. The zero-order valence-corrected chi connectivity index (χ0v) is 26.2. The van der Waals surface area contributed by atoms with Gasteiger partial charge in [-0.05, 0) is 62.2 Å². The zero-order valence-electron chi connectivity index (χ0n) is 26.2. The molecular formula is C35H46N4O4. The molecule has 3 atom stereocenters. The van der Waals surface area contributed by atoms with Gasteiger partial charge in [-0.3, -0.25) is 14.4 Å². The monoisotopic (exact) mass is 586 g/mol. The first-order valence-electron chi connectivity index (χ1n) is 14.8. The summed E-state index contributed by atoms with van der Waals surface area (Å²) in [6.45, 7) is 5.75. The molecule has 8 heteroatoms. The van der Waals surface area contributed by atoms with Gasteiger partial charge in [0.2, 0.25) is 17.7 Å². The molecule has 0 radical (unpaired) electrons. The van der Waals surface area contributed by atoms with Gasteiger partial charge in [-0.25, -0.2) is 0 Å². The van der Waals surface area contributed by atoms with E-state index < -0.39 is 18.2 Å². The maximum absolute atomic E-state index is 14.3. The molecule has 0 saturated carbocycles. The largest absolute Gasteiger partial charge is 0.392 e. The van der Waals surface area contributed by atoms with Crippen LogP contribution in [-0.2, 0) is 27.2 Å². The molecule has 0 heterocycles. The van der Waals surface area contributed by atoms with Crippen LogP contribution in [0, 0.1) is 0 Å². The lowest BCUT2D eigenvalue weighted by atomic mass is 9.98. The average molecular weight is 587 g/mol. The second kappa shape index (κ2) is 15.5. The first-order chi connectivity index (χ1) is 20.4. The van der Waals surface area contributed by atoms with E-state index in [1.807, 2.05) is 99.8 Å². The SMILES string of the molecule is CNC(C)(C)CC=CC(=O)N(C)[C@H](Cc1ccc2ccccc2c1)C(=O)N(C)[C@H](Cc1ccccc1)C(=O)NC[C@@H](C)O. The van der Waals surface area contributed by atoms with Crippen LogP contribution in [0.3, 0.4) is 0 Å². The Hall–Kier alpha value is -4.01. The van der Waals surface area contributed by atoms with Crippen LogP contribution in [0.25, 0.3) is 10.8 Å². The van der Waals surface area contributed by atoms with Gasteiger partial charge in [-0.1, -0.05) is 78.9 Å². The van der Waals surface area contributed by atoms with Crippen molar-refractivity contribution in [1.29, 1.82) is 0 Å². The molecule has 3 N–H and O–H groups in total. The van der Waals surface area contributed by atoms with Crippen molar-refractivity contribution in [3.63, 3.8) is 0 Å². The highest BCUT2D eigenvalue weighted by molar-refractivity contribution is 5.95. The van der Waals surface area contributed by atoms with Crippen LogP contribution in [0.2, 0.25) is 0 Å². The number of benzene rings is 3. The highest BCUT2D eigenvalue weighted by Gasteiger charge is 2.35. The maximum atomic E-state index is 14.3. The van der Waals surface area contributed by atoms with Gasteiger partial charge in [0.1, 0.15) is 12.1 Å². The van der Waals surface area contributed by atoms with E-state index in [2.05, 4.69) is 10.6 Å². The third-order valence-corrected chi connectivity index (χ3v) is 7.87. The van der Waals surface area contributed by atoms with Crippen LogP contribution in [0.4, 0.5) is 0 Å². The lowest BCUT2D eigenvalue weighted by molar-refractivity contribution is -0.146. The van der Waals surface area contributed by atoms with Crippen molar-refractivity contribution in [2.24, 2.45) is 0 Å². The molecule has 0 aliphatic heterocycles. The predicted octanol–water partition coefficient (Wildman–Crippen LogP) is 3.72. The van der Waals surface area contributed by atoms with Gasteiger partial charge >= 0.3 is 0 Å². The summed E-state index contributed by atoms with van der Waals surface area (Å²) in [6.07, 6.45) is 3.79. The number of carbonyl (C=O) groups is 3. The minimum absolute atomic E-state index is 0.0683. The molecule has 0 spiro atoms. The van der Waals surface area contributed by atoms with E-state index in [0.717, 1.165) is 21.9 Å². The fraction of sp³-hybridized carbons (Fsp3) is 0.400. The van der Waals surface area contributed by atoms with E-state index in [-0.39, 0.29) is 42.6 Å². The number of hydrogen-bond donors (Lipinski definition) is 3. The molecule has 0 fully saturated rings. The number of nitrogens with zero attached hydrogens (tertiary/aromatic N) is 2. The van der Waals surface area contributed by atoms with Crippen LogP contribution in [0.1, 0.15) is 38.3 Å². The minimum Gasteiger partial charge on any atom is -0.392 e. The van der Waals surface area contributed by atoms with Gasteiger partial charge in [-0.15, -0.1) is 0 Å². The van der Waals surface area contributed by atoms with Crippen molar-refractivity contribution in [2.45, 2.75) is 63.8 Å². The summed E-state index contributed by atoms with van der Waals surface area (Å²) < 4.78 is 0. The Morgan fingerprint density at radius 1 is 0.860 bits per heavy atom. The number of aliphatic hydroxyl groups is 1. The highest BCUT2D eigenvalue weighted by Crippen LogP contribution is 2.20. The van der Waals surface area contributed by atoms with E-state index in [4.69, 9.17) is 0 Å². The molecule has 0 saturated heterocycles. The van der Waals surface area contributed by atoms with E-state index in [0.29, 0.717) is 6.42 Å². The first-order valence-corrected chi connectivity index (χ1v) is 14.8. The van der Waals surface area contributed by atoms with Crippen molar-refractivity contribution in [3.05, 3.63) is 96.1 Å². The predicted molar refractivity (Wildman–Crippen MR) is 173 cm³/mol. The Morgan fingerprint density at radius 2 is 1.49 bits per heavy atom. The van der Waals surface area contributed by atoms with Crippen molar-refractivity contribution in [2.75, 3.05) is 27.7 Å². The van der Waals surface area contributed by atoms with Crippen LogP contribution in [0.15, 0.2) is 84.9 Å². The summed E-state index contributed by atoms with van der Waals surface area (Å²) in [5.74, 6) is -1.01. The fourth-order valence-corrected chi connectivity index (χ4v) is 4.80. The van der Waals surface area contributed by atoms with E-state index in [1.54, 1.807) is 21.0 Å². The maximum Gasteiger partial charge on any atom is 0.246 e. The Bertz CT molecular complexity index is 1400. The van der Waals surface area contributed by atoms with E-state index in [9.17, 15) is 19.5 Å². The molecule has 3 rings (SSSR count). The molecule has 3 aromatic rings. The number of likely N-dealkylation sites (N-methyl/N-ethyl adjacent to an activating group) is 2. The van der Waals surface area contributed by atoms with Gasteiger partial charge in [0.05, 0.1) is 6.10 Å². The summed E-state index contributed by atoms with van der Waals surface area (Å²) in [6, 6.07) is 21.8. The molecule has 8 nitrogen and oxygen atoms in total. The smallest absolute Gasteiger partial charge is 0.246 e. The number of hydrogen-bond acceptors (Lipinski definition) is 5. The summed E-state index contributed by atoms with van der Waals surface area (Å²) >= 11 is 0. The topological polar surface area (TPSA) is 102 Å². The average Bonchev–Trinajstić information content (AvgIpc) is 3.00. The van der Waals surface area contributed by atoms with Crippen molar-refractivity contribution < 1.29 is 19.5 Å². The van der Waals surface area contributed by atoms with Crippen LogP contribution in [-0.4, -0.2) is 84.0 Å². The quantitative estimate of drug-likeness (QED) is 0.250. The van der Waals surface area contributed by atoms with Crippen molar-refractivity contribution in [3.8, 4) is 0 Å². The first kappa shape index (κ1) is 33.5. The van der Waals surface area contributed by atoms with Crippen LogP contribution in [0.5, 0.6) is 0 Å². The Morgan fingerprint density at radius 3 is 2.14 bits per heavy atom. The molecule has 0 unspecified atom stereocenters. The minimum atomic E-state index is -0.858. The summed E-state index contributed by atoms with van der Waals surface area (Å²) in [4.78, 5) is 44.0. The van der Waals surface area contributed by atoms with Crippen LogP contribution < -0.4 is 10.6 Å². The molecule has 0 aliphatic carbocycles. The van der Waals surface area contributed by atoms with Gasteiger partial charge in [-0.2, -0.15) is 0 Å². The number of rotatable bonds is 14. The highest BCUT2D eigenvalue weighted by atomic mass is 16.3. The third-order valence-electron chi connectivity index (χ3n) is 7.87. The van der Waals surface area contributed by atoms with Gasteiger partial charge in [0.25, 0.3) is 0 Å². The summed E-state index contributed by atoms with van der Waals surface area (Å²) in [5.41, 5.74) is 1.62. The standard InChI is InChI=1S/C35H46N4O4/c1-25(40)24-37-33(42)30(22-26-13-8-7-9-14-26)39(6)34(43)31(38(5)32(41)17-12-20-35(2,3)36-4)23-27-18-19-28-15-10-11-16-29(28)21-27/h7-19,21,25,30-31,36,40H,20,22-24H2,1-6H3,(H,37,42)/t25-,30-,31-/m1/s1. The molecule has 3 aromatic carbocycles. The van der Waals surface area contributed by atoms with Gasteiger partial charge in [0.15, 0.2) is 0 Å². The van der Waals surface area contributed by atoms with Crippen LogP contribution >= 0.6 is 0 Å². The zero-order chi connectivity index (χ0) is 31.6. The molecule has 0 aliphatic rings.